The lowest BCUT2D eigenvalue weighted by atomic mass is 10.0. The maximum atomic E-state index is 11.7. The maximum Gasteiger partial charge on any atom is 0.337 e. The lowest BCUT2D eigenvalue weighted by molar-refractivity contribution is 0.0698. The zero-order chi connectivity index (χ0) is 14.2. The molecule has 0 aliphatic heterocycles. The van der Waals surface area contributed by atoms with Crippen LogP contribution in [0.3, 0.4) is 0 Å². The van der Waals surface area contributed by atoms with Crippen LogP contribution >= 0.6 is 0 Å². The van der Waals surface area contributed by atoms with Crippen LogP contribution in [-0.4, -0.2) is 21.4 Å². The standard InChI is InChI=1S/C15H17NO3/c1-4-5-16-8-13(10(3)17)11-6-9(2)7-12(14(11)16)15(18)19/h6-8H,4-5H2,1-3H3,(H,18,19). The summed E-state index contributed by atoms with van der Waals surface area (Å²) in [5, 5.41) is 10.1. The topological polar surface area (TPSA) is 59.3 Å². The molecule has 1 N–H and O–H groups in total. The van der Waals surface area contributed by atoms with Crippen LogP contribution < -0.4 is 0 Å². The van der Waals surface area contributed by atoms with Crippen LogP contribution in [0.25, 0.3) is 10.9 Å². The molecule has 0 fully saturated rings. The summed E-state index contributed by atoms with van der Waals surface area (Å²) in [5.41, 5.74) is 2.34. The van der Waals surface area contributed by atoms with Gasteiger partial charge in [0.1, 0.15) is 0 Å². The number of ketones is 1. The van der Waals surface area contributed by atoms with Crippen LogP contribution in [0, 0.1) is 6.92 Å². The number of benzene rings is 1. The van der Waals surface area contributed by atoms with Crippen molar-refractivity contribution in [1.29, 1.82) is 0 Å². The summed E-state index contributed by atoms with van der Waals surface area (Å²) in [4.78, 5) is 23.1. The van der Waals surface area contributed by atoms with Gasteiger partial charge < -0.3 is 9.67 Å². The second kappa shape index (κ2) is 4.88. The number of fused-ring (bicyclic) bond motifs is 1. The van der Waals surface area contributed by atoms with E-state index in [0.717, 1.165) is 17.4 Å². The van der Waals surface area contributed by atoms with E-state index in [9.17, 15) is 14.7 Å². The van der Waals surface area contributed by atoms with Crippen molar-refractivity contribution in [1.82, 2.24) is 4.57 Å². The number of aromatic nitrogens is 1. The average Bonchev–Trinajstić information content (AvgIpc) is 2.67. The maximum absolute atomic E-state index is 11.7. The molecule has 1 aromatic carbocycles. The van der Waals surface area contributed by atoms with Gasteiger partial charge in [-0.25, -0.2) is 4.79 Å². The lowest BCUT2D eigenvalue weighted by Gasteiger charge is -2.07. The Morgan fingerprint density at radius 2 is 1.95 bits per heavy atom. The lowest BCUT2D eigenvalue weighted by Crippen LogP contribution is -2.03. The van der Waals surface area contributed by atoms with E-state index in [2.05, 4.69) is 0 Å². The predicted octanol–water partition coefficient (Wildman–Crippen LogP) is 3.26. The molecule has 0 aliphatic rings. The Morgan fingerprint density at radius 3 is 2.47 bits per heavy atom. The van der Waals surface area contributed by atoms with Gasteiger partial charge >= 0.3 is 5.97 Å². The van der Waals surface area contributed by atoms with Gasteiger partial charge in [0.2, 0.25) is 0 Å². The summed E-state index contributed by atoms with van der Waals surface area (Å²) in [6.45, 7) is 6.07. The van der Waals surface area contributed by atoms with Crippen molar-refractivity contribution < 1.29 is 14.7 Å². The van der Waals surface area contributed by atoms with Crippen molar-refractivity contribution in [3.05, 3.63) is 35.0 Å². The fraction of sp³-hybridized carbons (Fsp3) is 0.333. The highest BCUT2D eigenvalue weighted by Gasteiger charge is 2.18. The van der Waals surface area contributed by atoms with E-state index in [4.69, 9.17) is 0 Å². The van der Waals surface area contributed by atoms with Crippen LogP contribution in [0.5, 0.6) is 0 Å². The third-order valence-electron chi connectivity index (χ3n) is 3.19. The van der Waals surface area contributed by atoms with Crippen molar-refractivity contribution >= 4 is 22.7 Å². The Kier molecular flexibility index (Phi) is 3.42. The minimum Gasteiger partial charge on any atom is -0.478 e. The minimum absolute atomic E-state index is 0.0400. The molecule has 0 unspecified atom stereocenters. The van der Waals surface area contributed by atoms with E-state index in [-0.39, 0.29) is 11.3 Å². The number of aromatic carboxylic acids is 1. The van der Waals surface area contributed by atoms with E-state index in [1.165, 1.54) is 6.92 Å². The number of hydrogen-bond acceptors (Lipinski definition) is 2. The second-order valence-electron chi connectivity index (χ2n) is 4.81. The molecule has 0 atom stereocenters. The van der Waals surface area contributed by atoms with Gasteiger partial charge in [-0.15, -0.1) is 0 Å². The Balaban J connectivity index is 2.89. The molecule has 4 nitrogen and oxygen atoms in total. The van der Waals surface area contributed by atoms with Crippen molar-refractivity contribution in [2.24, 2.45) is 0 Å². The van der Waals surface area contributed by atoms with Crippen LogP contribution in [0.15, 0.2) is 18.3 Å². The number of carbonyl (C=O) groups is 2. The van der Waals surface area contributed by atoms with Crippen LogP contribution in [0.4, 0.5) is 0 Å². The molecule has 2 aromatic rings. The first-order valence-corrected chi connectivity index (χ1v) is 6.33. The summed E-state index contributed by atoms with van der Waals surface area (Å²) < 4.78 is 1.87. The Bertz CT molecular complexity index is 668. The highest BCUT2D eigenvalue weighted by Crippen LogP contribution is 2.27. The predicted molar refractivity (Wildman–Crippen MR) is 73.9 cm³/mol. The van der Waals surface area contributed by atoms with Crippen molar-refractivity contribution in [2.45, 2.75) is 33.7 Å². The van der Waals surface area contributed by atoms with Crippen molar-refractivity contribution in [2.75, 3.05) is 0 Å². The third kappa shape index (κ3) is 2.26. The molecule has 0 saturated carbocycles. The van der Waals surface area contributed by atoms with Crippen molar-refractivity contribution in [3.63, 3.8) is 0 Å². The number of hydrogen-bond donors (Lipinski definition) is 1. The van der Waals surface area contributed by atoms with E-state index >= 15 is 0 Å². The summed E-state index contributed by atoms with van der Waals surface area (Å²) in [5.74, 6) is -0.999. The molecule has 0 saturated heterocycles. The monoisotopic (exact) mass is 259 g/mol. The third-order valence-corrected chi connectivity index (χ3v) is 3.19. The average molecular weight is 259 g/mol. The van der Waals surface area contributed by atoms with E-state index < -0.39 is 5.97 Å². The summed E-state index contributed by atoms with van der Waals surface area (Å²) in [6, 6.07) is 3.53. The Morgan fingerprint density at radius 1 is 1.26 bits per heavy atom. The summed E-state index contributed by atoms with van der Waals surface area (Å²) in [7, 11) is 0. The normalized spacial score (nSPS) is 10.9. The molecular weight excluding hydrogens is 242 g/mol. The van der Waals surface area contributed by atoms with Gasteiger partial charge in [-0.2, -0.15) is 0 Å². The smallest absolute Gasteiger partial charge is 0.337 e. The molecule has 19 heavy (non-hydrogen) atoms. The van der Waals surface area contributed by atoms with Crippen LogP contribution in [-0.2, 0) is 6.54 Å². The highest BCUT2D eigenvalue weighted by atomic mass is 16.4. The molecule has 2 rings (SSSR count). The number of carboxylic acid groups (broad SMARTS) is 1. The first kappa shape index (κ1) is 13.3. The Hall–Kier alpha value is -2.10. The highest BCUT2D eigenvalue weighted by molar-refractivity contribution is 6.12. The number of nitrogens with zero attached hydrogens (tertiary/aromatic N) is 1. The van der Waals surface area contributed by atoms with Gasteiger partial charge in [0.15, 0.2) is 5.78 Å². The SMILES string of the molecule is CCCn1cc(C(C)=O)c2cc(C)cc(C(=O)O)c21. The number of carbonyl (C=O) groups excluding carboxylic acids is 1. The fourth-order valence-corrected chi connectivity index (χ4v) is 2.44. The summed E-state index contributed by atoms with van der Waals surface area (Å²) in [6.07, 6.45) is 2.65. The van der Waals surface area contributed by atoms with Crippen LogP contribution in [0.2, 0.25) is 0 Å². The molecule has 0 amide bonds. The second-order valence-corrected chi connectivity index (χ2v) is 4.81. The molecule has 0 radical (unpaired) electrons. The molecule has 0 bridgehead atoms. The Labute approximate surface area is 111 Å². The molecule has 100 valence electrons. The number of rotatable bonds is 4. The largest absolute Gasteiger partial charge is 0.478 e. The van der Waals surface area contributed by atoms with E-state index in [1.54, 1.807) is 12.3 Å². The van der Waals surface area contributed by atoms with E-state index in [0.29, 0.717) is 17.6 Å². The summed E-state index contributed by atoms with van der Waals surface area (Å²) >= 11 is 0. The molecule has 4 heteroatoms. The number of Topliss-reactive ketones (excluding diaryl/α,β-unsaturated/α-hetero) is 1. The van der Waals surface area contributed by atoms with Gasteiger partial charge in [-0.1, -0.05) is 6.92 Å². The quantitative estimate of drug-likeness (QED) is 0.857. The molecule has 1 heterocycles. The zero-order valence-electron chi connectivity index (χ0n) is 11.4. The fourth-order valence-electron chi connectivity index (χ4n) is 2.44. The molecule has 0 aliphatic carbocycles. The van der Waals surface area contributed by atoms with Gasteiger partial charge in [-0.05, 0) is 38.0 Å². The van der Waals surface area contributed by atoms with Gasteiger partial charge in [0.25, 0.3) is 0 Å². The van der Waals surface area contributed by atoms with E-state index in [1.807, 2.05) is 24.5 Å². The van der Waals surface area contributed by atoms with Gasteiger partial charge in [0, 0.05) is 23.7 Å². The first-order valence-electron chi connectivity index (χ1n) is 6.33. The van der Waals surface area contributed by atoms with Crippen molar-refractivity contribution in [3.8, 4) is 0 Å². The molecule has 1 aromatic heterocycles. The van der Waals surface area contributed by atoms with Gasteiger partial charge in [-0.3, -0.25) is 4.79 Å². The molecule has 0 spiro atoms. The number of carboxylic acids is 1. The van der Waals surface area contributed by atoms with Gasteiger partial charge in [0.05, 0.1) is 11.1 Å². The molecular formula is C15H17NO3. The zero-order valence-corrected chi connectivity index (χ0v) is 11.4. The number of aryl methyl sites for hydroxylation is 2. The first-order chi connectivity index (χ1) is 8.95. The minimum atomic E-state index is -0.959. The van der Waals surface area contributed by atoms with Crippen LogP contribution in [0.1, 0.15) is 46.5 Å².